The van der Waals surface area contributed by atoms with Crippen LogP contribution >= 0.6 is 11.8 Å². The standard InChI is InChI=1S/C12H20N2O3S/c13-9-4-2-1-3-8(9)11(15)14-5-6-18-7-10(14)12(16)17/h8-10H,1-7,13H2,(H,16,17). The number of amides is 1. The third-order valence-corrected chi connectivity index (χ3v) is 4.86. The highest BCUT2D eigenvalue weighted by Gasteiger charge is 2.38. The smallest absolute Gasteiger partial charge is 0.327 e. The first-order valence-corrected chi connectivity index (χ1v) is 7.63. The van der Waals surface area contributed by atoms with Crippen molar-refractivity contribution in [3.05, 3.63) is 0 Å². The summed E-state index contributed by atoms with van der Waals surface area (Å²) in [6.45, 7) is 0.531. The Balaban J connectivity index is 2.07. The maximum atomic E-state index is 12.5. The van der Waals surface area contributed by atoms with Crippen molar-refractivity contribution in [2.24, 2.45) is 11.7 Å². The molecule has 3 atom stereocenters. The van der Waals surface area contributed by atoms with E-state index in [0.717, 1.165) is 31.4 Å². The second-order valence-electron chi connectivity index (χ2n) is 5.02. The predicted molar refractivity (Wildman–Crippen MR) is 70.4 cm³/mol. The molecule has 1 saturated carbocycles. The number of nitrogens with zero attached hydrogens (tertiary/aromatic N) is 1. The molecule has 2 fully saturated rings. The fourth-order valence-corrected chi connectivity index (χ4v) is 3.79. The van der Waals surface area contributed by atoms with E-state index in [2.05, 4.69) is 0 Å². The van der Waals surface area contributed by atoms with E-state index in [4.69, 9.17) is 5.73 Å². The van der Waals surface area contributed by atoms with Crippen LogP contribution in [0.3, 0.4) is 0 Å². The van der Waals surface area contributed by atoms with Crippen LogP contribution in [0.1, 0.15) is 25.7 Å². The summed E-state index contributed by atoms with van der Waals surface area (Å²) in [6, 6.07) is -0.777. The average molecular weight is 272 g/mol. The molecule has 1 aliphatic heterocycles. The number of carbonyl (C=O) groups excluding carboxylic acids is 1. The van der Waals surface area contributed by atoms with Crippen molar-refractivity contribution in [1.82, 2.24) is 4.90 Å². The third-order valence-electron chi connectivity index (χ3n) is 3.83. The second kappa shape index (κ2) is 5.93. The van der Waals surface area contributed by atoms with Gasteiger partial charge in [-0.3, -0.25) is 4.79 Å². The Morgan fingerprint density at radius 2 is 2.00 bits per heavy atom. The molecule has 2 aliphatic rings. The highest BCUT2D eigenvalue weighted by atomic mass is 32.2. The zero-order chi connectivity index (χ0) is 13.1. The van der Waals surface area contributed by atoms with Gasteiger partial charge >= 0.3 is 5.97 Å². The van der Waals surface area contributed by atoms with Crippen LogP contribution in [0.2, 0.25) is 0 Å². The summed E-state index contributed by atoms with van der Waals surface area (Å²) in [4.78, 5) is 25.2. The van der Waals surface area contributed by atoms with Crippen LogP contribution in [0.15, 0.2) is 0 Å². The number of carboxylic acid groups (broad SMARTS) is 1. The Labute approximate surface area is 111 Å². The minimum atomic E-state index is -0.903. The maximum absolute atomic E-state index is 12.5. The molecule has 1 saturated heterocycles. The van der Waals surface area contributed by atoms with E-state index in [0.29, 0.717) is 12.3 Å². The lowest BCUT2D eigenvalue weighted by molar-refractivity contribution is -0.151. The number of carbonyl (C=O) groups is 2. The molecule has 3 N–H and O–H groups in total. The Hall–Kier alpha value is -0.750. The lowest BCUT2D eigenvalue weighted by Crippen LogP contribution is -2.55. The number of hydrogen-bond acceptors (Lipinski definition) is 4. The van der Waals surface area contributed by atoms with Crippen molar-refractivity contribution in [1.29, 1.82) is 0 Å². The Kier molecular flexibility index (Phi) is 4.50. The van der Waals surface area contributed by atoms with Crippen LogP contribution in [0.5, 0.6) is 0 Å². The molecule has 0 aromatic heterocycles. The summed E-state index contributed by atoms with van der Waals surface area (Å²) in [5.41, 5.74) is 6.01. The summed E-state index contributed by atoms with van der Waals surface area (Å²) in [7, 11) is 0. The zero-order valence-electron chi connectivity index (χ0n) is 10.4. The molecule has 1 aliphatic carbocycles. The molecule has 0 spiro atoms. The lowest BCUT2D eigenvalue weighted by atomic mass is 9.84. The van der Waals surface area contributed by atoms with Gasteiger partial charge in [-0.05, 0) is 12.8 Å². The SMILES string of the molecule is NC1CCCCC1C(=O)N1CCSCC1C(=O)O. The summed E-state index contributed by atoms with van der Waals surface area (Å²) in [5.74, 6) is 0.180. The minimum absolute atomic E-state index is 0.0464. The molecule has 0 aromatic carbocycles. The predicted octanol–water partition coefficient (Wildman–Crippen LogP) is 0.532. The Morgan fingerprint density at radius 1 is 1.28 bits per heavy atom. The van der Waals surface area contributed by atoms with E-state index in [1.54, 1.807) is 11.8 Å². The molecule has 102 valence electrons. The number of thioether (sulfide) groups is 1. The number of aliphatic carboxylic acids is 1. The highest BCUT2D eigenvalue weighted by molar-refractivity contribution is 7.99. The molecule has 1 amide bonds. The molecule has 6 heteroatoms. The molecule has 5 nitrogen and oxygen atoms in total. The average Bonchev–Trinajstić information content (AvgIpc) is 2.38. The van der Waals surface area contributed by atoms with E-state index < -0.39 is 12.0 Å². The maximum Gasteiger partial charge on any atom is 0.327 e. The topological polar surface area (TPSA) is 83.6 Å². The van der Waals surface area contributed by atoms with Gasteiger partial charge in [-0.1, -0.05) is 12.8 Å². The Bertz CT molecular complexity index is 337. The first kappa shape index (κ1) is 13.7. The fraction of sp³-hybridized carbons (Fsp3) is 0.833. The van der Waals surface area contributed by atoms with E-state index in [-0.39, 0.29) is 17.9 Å². The third kappa shape index (κ3) is 2.80. The monoisotopic (exact) mass is 272 g/mol. The van der Waals surface area contributed by atoms with Crippen LogP contribution in [0.4, 0.5) is 0 Å². The van der Waals surface area contributed by atoms with Crippen molar-refractivity contribution in [3.8, 4) is 0 Å². The molecule has 18 heavy (non-hydrogen) atoms. The zero-order valence-corrected chi connectivity index (χ0v) is 11.2. The summed E-state index contributed by atoms with van der Waals surface area (Å²) < 4.78 is 0. The Morgan fingerprint density at radius 3 is 2.67 bits per heavy atom. The van der Waals surface area contributed by atoms with E-state index in [1.165, 1.54) is 4.90 Å². The quantitative estimate of drug-likeness (QED) is 0.766. The first-order valence-electron chi connectivity index (χ1n) is 6.48. The van der Waals surface area contributed by atoms with Crippen LogP contribution in [0, 0.1) is 5.92 Å². The van der Waals surface area contributed by atoms with Gasteiger partial charge in [0.1, 0.15) is 6.04 Å². The van der Waals surface area contributed by atoms with Gasteiger partial charge in [-0.2, -0.15) is 11.8 Å². The number of nitrogens with two attached hydrogens (primary N) is 1. The molecule has 3 unspecified atom stereocenters. The van der Waals surface area contributed by atoms with Gasteiger partial charge < -0.3 is 15.7 Å². The van der Waals surface area contributed by atoms with Gasteiger partial charge in [-0.15, -0.1) is 0 Å². The normalized spacial score (nSPS) is 33.2. The minimum Gasteiger partial charge on any atom is -0.480 e. The van der Waals surface area contributed by atoms with Crippen molar-refractivity contribution < 1.29 is 14.7 Å². The molecular weight excluding hydrogens is 252 g/mol. The number of carboxylic acids is 1. The van der Waals surface area contributed by atoms with E-state index in [9.17, 15) is 14.7 Å². The lowest BCUT2D eigenvalue weighted by Gasteiger charge is -2.37. The molecule has 0 radical (unpaired) electrons. The van der Waals surface area contributed by atoms with Crippen molar-refractivity contribution in [3.63, 3.8) is 0 Å². The molecular formula is C12H20N2O3S. The summed E-state index contributed by atoms with van der Waals surface area (Å²) in [6.07, 6.45) is 3.76. The second-order valence-corrected chi connectivity index (χ2v) is 6.17. The van der Waals surface area contributed by atoms with Gasteiger partial charge in [0.25, 0.3) is 0 Å². The molecule has 2 rings (SSSR count). The number of hydrogen-bond donors (Lipinski definition) is 2. The van der Waals surface area contributed by atoms with Crippen LogP contribution in [-0.2, 0) is 9.59 Å². The van der Waals surface area contributed by atoms with Gasteiger partial charge in [0.15, 0.2) is 0 Å². The summed E-state index contributed by atoms with van der Waals surface area (Å²) in [5, 5.41) is 9.18. The van der Waals surface area contributed by atoms with Crippen LogP contribution in [0.25, 0.3) is 0 Å². The van der Waals surface area contributed by atoms with Gasteiger partial charge in [-0.25, -0.2) is 4.79 Å². The summed E-state index contributed by atoms with van der Waals surface area (Å²) >= 11 is 1.59. The van der Waals surface area contributed by atoms with Crippen molar-refractivity contribution in [2.75, 3.05) is 18.1 Å². The van der Waals surface area contributed by atoms with Crippen molar-refractivity contribution >= 4 is 23.6 Å². The fourth-order valence-electron chi connectivity index (χ4n) is 2.75. The van der Waals surface area contributed by atoms with Crippen molar-refractivity contribution in [2.45, 2.75) is 37.8 Å². The molecule has 0 aromatic rings. The largest absolute Gasteiger partial charge is 0.480 e. The van der Waals surface area contributed by atoms with Gasteiger partial charge in [0.2, 0.25) is 5.91 Å². The van der Waals surface area contributed by atoms with E-state index in [1.807, 2.05) is 0 Å². The molecule has 0 bridgehead atoms. The van der Waals surface area contributed by atoms with Gasteiger partial charge in [0.05, 0.1) is 5.92 Å². The van der Waals surface area contributed by atoms with Gasteiger partial charge in [0, 0.05) is 24.1 Å². The van der Waals surface area contributed by atoms with E-state index >= 15 is 0 Å². The first-order chi connectivity index (χ1) is 8.61. The van der Waals surface area contributed by atoms with Crippen LogP contribution < -0.4 is 5.73 Å². The molecule has 1 heterocycles. The highest BCUT2D eigenvalue weighted by Crippen LogP contribution is 2.27. The number of rotatable bonds is 2. The van der Waals surface area contributed by atoms with Crippen LogP contribution in [-0.4, -0.2) is 52.0 Å².